The minimum atomic E-state index is -1.10. The van der Waals surface area contributed by atoms with Crippen LogP contribution in [-0.2, 0) is 22.6 Å². The van der Waals surface area contributed by atoms with E-state index in [1.165, 1.54) is 12.0 Å². The van der Waals surface area contributed by atoms with E-state index in [2.05, 4.69) is 15.6 Å². The normalized spacial score (nSPS) is 17.6. The molecule has 6 heterocycles. The van der Waals surface area contributed by atoms with Crippen LogP contribution < -0.4 is 20.1 Å². The predicted molar refractivity (Wildman–Crippen MR) is 203 cm³/mol. The van der Waals surface area contributed by atoms with Crippen LogP contribution in [0.15, 0.2) is 61.1 Å². The number of ether oxygens (including phenoxy) is 3. The van der Waals surface area contributed by atoms with Gasteiger partial charge in [0.15, 0.2) is 11.4 Å². The van der Waals surface area contributed by atoms with Crippen LogP contribution in [0.2, 0.25) is 10.0 Å². The Balaban J connectivity index is 1.05. The Kier molecular flexibility index (Phi) is 9.82. The van der Waals surface area contributed by atoms with E-state index in [0.29, 0.717) is 85.9 Å². The molecule has 2 amide bonds. The molecule has 15 heteroatoms. The smallest absolute Gasteiger partial charge is 0.407 e. The lowest BCUT2D eigenvalue weighted by Crippen LogP contribution is -2.58. The fourth-order valence-electron chi connectivity index (χ4n) is 7.69. The first kappa shape index (κ1) is 36.0. The number of nitrogens with zero attached hydrogens (tertiary/aromatic N) is 5. The number of pyridine rings is 3. The SMILES string of the molecule is COc1nc(-c2cccc(-c3ccnc(-c4cc(OC)c5nc(CNC6CC7(COC7)C6)cn5c4)c3Cl)c2Cl)ccc1CN(CC1CCC(=O)N1)C(=O)O. The number of hydrogen-bond acceptors (Lipinski definition) is 9. The second-order valence-corrected chi connectivity index (χ2v) is 15.0. The molecule has 2 aliphatic heterocycles. The first-order chi connectivity index (χ1) is 26.1. The maximum absolute atomic E-state index is 12.1. The zero-order chi connectivity index (χ0) is 37.6. The first-order valence-electron chi connectivity index (χ1n) is 17.8. The van der Waals surface area contributed by atoms with E-state index in [1.54, 1.807) is 25.4 Å². The van der Waals surface area contributed by atoms with Crippen LogP contribution >= 0.6 is 23.2 Å². The highest BCUT2D eigenvalue weighted by atomic mass is 35.5. The Labute approximate surface area is 321 Å². The maximum Gasteiger partial charge on any atom is 0.407 e. The lowest BCUT2D eigenvalue weighted by Gasteiger charge is -2.53. The lowest BCUT2D eigenvalue weighted by atomic mass is 9.64. The molecule has 1 aliphatic carbocycles. The molecule has 0 bridgehead atoms. The van der Waals surface area contributed by atoms with Gasteiger partial charge in [-0.1, -0.05) is 41.4 Å². The number of carboxylic acid groups (broad SMARTS) is 1. The molecule has 1 saturated carbocycles. The first-order valence-corrected chi connectivity index (χ1v) is 18.5. The quantitative estimate of drug-likeness (QED) is 0.129. The van der Waals surface area contributed by atoms with E-state index in [4.69, 9.17) is 47.4 Å². The van der Waals surface area contributed by atoms with Crippen molar-refractivity contribution in [3.05, 3.63) is 82.4 Å². The predicted octanol–water partition coefficient (Wildman–Crippen LogP) is 6.48. The summed E-state index contributed by atoms with van der Waals surface area (Å²) in [6.07, 6.45) is 7.77. The largest absolute Gasteiger partial charge is 0.493 e. The topological polar surface area (TPSA) is 152 Å². The molecule has 3 aliphatic rings. The maximum atomic E-state index is 12.1. The molecule has 13 nitrogen and oxygen atoms in total. The third kappa shape index (κ3) is 6.92. The van der Waals surface area contributed by atoms with E-state index >= 15 is 0 Å². The molecule has 2 saturated heterocycles. The number of rotatable bonds is 12. The highest BCUT2D eigenvalue weighted by molar-refractivity contribution is 6.39. The monoisotopic (exact) mass is 771 g/mol. The number of carbonyl (C=O) groups is 2. The van der Waals surface area contributed by atoms with Crippen LogP contribution in [0.25, 0.3) is 39.3 Å². The molecule has 0 radical (unpaired) electrons. The van der Waals surface area contributed by atoms with Gasteiger partial charge in [0.25, 0.3) is 0 Å². The van der Waals surface area contributed by atoms with Crippen molar-refractivity contribution in [2.75, 3.05) is 34.0 Å². The summed E-state index contributed by atoms with van der Waals surface area (Å²) < 4.78 is 18.7. The van der Waals surface area contributed by atoms with Gasteiger partial charge in [-0.2, -0.15) is 0 Å². The highest BCUT2D eigenvalue weighted by Crippen LogP contribution is 2.47. The number of nitrogens with one attached hydrogen (secondary N) is 2. The van der Waals surface area contributed by atoms with E-state index in [0.717, 1.165) is 37.3 Å². The number of benzene rings is 1. The summed E-state index contributed by atoms with van der Waals surface area (Å²) in [5.74, 6) is 0.784. The Morgan fingerprint density at radius 2 is 1.87 bits per heavy atom. The summed E-state index contributed by atoms with van der Waals surface area (Å²) in [5.41, 5.74) is 6.40. The van der Waals surface area contributed by atoms with Crippen LogP contribution in [0.1, 0.15) is 36.9 Å². The minimum Gasteiger partial charge on any atom is -0.493 e. The van der Waals surface area contributed by atoms with Crippen molar-refractivity contribution < 1.29 is 28.9 Å². The number of aromatic nitrogens is 4. The Bertz CT molecular complexity index is 2250. The van der Waals surface area contributed by atoms with Gasteiger partial charge in [0.1, 0.15) is 0 Å². The number of carbonyl (C=O) groups excluding carboxylic acids is 1. The Morgan fingerprint density at radius 1 is 1.07 bits per heavy atom. The second kappa shape index (κ2) is 14.7. The van der Waals surface area contributed by atoms with E-state index in [1.807, 2.05) is 47.1 Å². The average Bonchev–Trinajstić information content (AvgIpc) is 3.75. The van der Waals surface area contributed by atoms with Gasteiger partial charge in [-0.05, 0) is 43.5 Å². The Hall–Kier alpha value is -4.95. The molecule has 8 rings (SSSR count). The van der Waals surface area contributed by atoms with Crippen LogP contribution in [0, 0.1) is 5.41 Å². The molecule has 1 aromatic carbocycles. The molecule has 1 atom stereocenters. The van der Waals surface area contributed by atoms with Crippen LogP contribution in [0.5, 0.6) is 11.6 Å². The van der Waals surface area contributed by atoms with E-state index in [9.17, 15) is 14.7 Å². The lowest BCUT2D eigenvalue weighted by molar-refractivity contribution is -0.167. The van der Waals surface area contributed by atoms with Crippen LogP contribution in [0.3, 0.4) is 0 Å². The summed E-state index contributed by atoms with van der Waals surface area (Å²) in [6.45, 7) is 2.59. The van der Waals surface area contributed by atoms with Gasteiger partial charge in [-0.3, -0.25) is 9.78 Å². The van der Waals surface area contributed by atoms with Gasteiger partial charge in [-0.15, -0.1) is 0 Å². The number of fused-ring (bicyclic) bond motifs is 1. The zero-order valence-electron chi connectivity index (χ0n) is 29.8. The minimum absolute atomic E-state index is 0.0341. The summed E-state index contributed by atoms with van der Waals surface area (Å²) >= 11 is 14.3. The van der Waals surface area contributed by atoms with Gasteiger partial charge >= 0.3 is 6.09 Å². The molecule has 1 spiro atoms. The van der Waals surface area contributed by atoms with Crippen LogP contribution in [0.4, 0.5) is 4.79 Å². The standard InChI is InChI=1S/C39H39Cl2N7O6/c1-52-31-12-23(17-47-19-26(45-36(31)47)15-43-25-13-39(14-25)20-54-21-39)35-34(41)28(10-11-42-35)27-4-3-5-29(33(27)40)30-8-6-22(37(46-30)53-2)16-48(38(50)51)18-24-7-9-32(49)44-24/h3-6,8,10-12,17,19,24-25,43H,7,9,13-16,18,20-21H2,1-2H3,(H,44,49)(H,50,51). The molecule has 4 aromatic heterocycles. The number of amides is 2. The average molecular weight is 773 g/mol. The molecular weight excluding hydrogens is 733 g/mol. The molecule has 3 fully saturated rings. The number of hydrogen-bond donors (Lipinski definition) is 3. The molecule has 280 valence electrons. The third-order valence-electron chi connectivity index (χ3n) is 10.6. The summed E-state index contributed by atoms with van der Waals surface area (Å²) in [5, 5.41) is 17.2. The fourth-order valence-corrected chi connectivity index (χ4v) is 8.34. The number of imidazole rings is 1. The summed E-state index contributed by atoms with van der Waals surface area (Å²) in [6, 6.07) is 13.1. The van der Waals surface area contributed by atoms with Crippen molar-refractivity contribution in [2.24, 2.45) is 5.41 Å². The molecule has 5 aromatic rings. The summed E-state index contributed by atoms with van der Waals surface area (Å²) in [4.78, 5) is 39.2. The number of halogens is 2. The van der Waals surface area contributed by atoms with Crippen molar-refractivity contribution in [1.82, 2.24) is 34.9 Å². The van der Waals surface area contributed by atoms with E-state index < -0.39 is 6.09 Å². The van der Waals surface area contributed by atoms with Gasteiger partial charge in [0.05, 0.1) is 61.1 Å². The van der Waals surface area contributed by atoms with Crippen molar-refractivity contribution in [3.8, 4) is 45.3 Å². The zero-order valence-corrected chi connectivity index (χ0v) is 31.3. The van der Waals surface area contributed by atoms with Crippen LogP contribution in [-0.4, -0.2) is 87.4 Å². The van der Waals surface area contributed by atoms with Gasteiger partial charge in [-0.25, -0.2) is 14.8 Å². The van der Waals surface area contributed by atoms with Crippen molar-refractivity contribution in [1.29, 1.82) is 0 Å². The van der Waals surface area contributed by atoms with Gasteiger partial charge in [0.2, 0.25) is 11.8 Å². The van der Waals surface area contributed by atoms with Crippen molar-refractivity contribution in [2.45, 2.75) is 50.9 Å². The van der Waals surface area contributed by atoms with Crippen molar-refractivity contribution in [3.63, 3.8) is 0 Å². The molecule has 3 N–H and O–H groups in total. The van der Waals surface area contributed by atoms with Gasteiger partial charge < -0.3 is 39.3 Å². The molecular formula is C39H39Cl2N7O6. The van der Waals surface area contributed by atoms with Crippen molar-refractivity contribution >= 4 is 40.8 Å². The highest BCUT2D eigenvalue weighted by Gasteiger charge is 2.49. The summed E-state index contributed by atoms with van der Waals surface area (Å²) in [7, 11) is 3.10. The Morgan fingerprint density at radius 3 is 2.57 bits per heavy atom. The fraction of sp³-hybridized carbons (Fsp3) is 0.359. The number of methoxy groups -OCH3 is 2. The van der Waals surface area contributed by atoms with E-state index in [-0.39, 0.29) is 30.9 Å². The van der Waals surface area contributed by atoms with Gasteiger partial charge in [0, 0.05) is 83.4 Å². The molecule has 1 unspecified atom stereocenters. The second-order valence-electron chi connectivity index (χ2n) is 14.3. The third-order valence-corrected chi connectivity index (χ3v) is 11.3. The molecule has 54 heavy (non-hydrogen) atoms.